The van der Waals surface area contributed by atoms with Crippen molar-refractivity contribution in [1.82, 2.24) is 9.03 Å². The normalized spacial score (nSPS) is 13.8. The molecule has 0 saturated carbocycles. The van der Waals surface area contributed by atoms with Gasteiger partial charge in [0.15, 0.2) is 11.5 Å². The molecular formula is C17H18ClFN2O4S. The highest BCUT2D eigenvalue weighted by molar-refractivity contribution is 7.87. The van der Waals surface area contributed by atoms with Gasteiger partial charge in [0.05, 0.1) is 0 Å². The van der Waals surface area contributed by atoms with Crippen LogP contribution in [0.1, 0.15) is 11.1 Å². The lowest BCUT2D eigenvalue weighted by Gasteiger charge is -2.20. The lowest BCUT2D eigenvalue weighted by molar-refractivity contribution is 0.171. The number of nitrogens with one attached hydrogen (secondary N) is 1. The van der Waals surface area contributed by atoms with Gasteiger partial charge in [-0.25, -0.2) is 4.39 Å². The number of benzene rings is 2. The van der Waals surface area contributed by atoms with Gasteiger partial charge in [0.2, 0.25) is 0 Å². The van der Waals surface area contributed by atoms with Crippen LogP contribution in [-0.4, -0.2) is 33.0 Å². The molecule has 0 saturated heterocycles. The molecule has 2 aromatic rings. The Balaban J connectivity index is 1.67. The quantitative estimate of drug-likeness (QED) is 0.809. The Labute approximate surface area is 156 Å². The summed E-state index contributed by atoms with van der Waals surface area (Å²) in [6.45, 7) is 0.826. The van der Waals surface area contributed by atoms with Crippen LogP contribution in [0.25, 0.3) is 0 Å². The predicted octanol–water partition coefficient (Wildman–Crippen LogP) is 2.72. The molecule has 0 aromatic heterocycles. The van der Waals surface area contributed by atoms with Crippen LogP contribution in [0.5, 0.6) is 11.5 Å². The summed E-state index contributed by atoms with van der Waals surface area (Å²) in [4.78, 5) is 0. The first-order valence-electron chi connectivity index (χ1n) is 7.89. The fourth-order valence-corrected chi connectivity index (χ4v) is 3.56. The zero-order chi connectivity index (χ0) is 18.7. The third kappa shape index (κ3) is 4.27. The molecule has 0 radical (unpaired) electrons. The van der Waals surface area contributed by atoms with Crippen LogP contribution in [0.4, 0.5) is 4.39 Å². The maximum Gasteiger partial charge on any atom is 0.279 e. The van der Waals surface area contributed by atoms with Gasteiger partial charge in [-0.1, -0.05) is 23.7 Å². The van der Waals surface area contributed by atoms with Crippen molar-refractivity contribution in [2.45, 2.75) is 13.1 Å². The van der Waals surface area contributed by atoms with E-state index in [4.69, 9.17) is 21.1 Å². The summed E-state index contributed by atoms with van der Waals surface area (Å²) in [5, 5.41) is 0.180. The average Bonchev–Trinajstić information content (AvgIpc) is 2.63. The van der Waals surface area contributed by atoms with Crippen molar-refractivity contribution in [3.8, 4) is 11.5 Å². The van der Waals surface area contributed by atoms with Crippen molar-refractivity contribution in [2.75, 3.05) is 20.3 Å². The molecule has 26 heavy (non-hydrogen) atoms. The summed E-state index contributed by atoms with van der Waals surface area (Å²) in [6, 6.07) is 9.44. The molecule has 6 nitrogen and oxygen atoms in total. The molecule has 0 atom stereocenters. The molecule has 1 heterocycles. The van der Waals surface area contributed by atoms with Crippen LogP contribution in [-0.2, 0) is 23.3 Å². The van der Waals surface area contributed by atoms with E-state index in [1.54, 1.807) is 18.2 Å². The number of hydrogen-bond acceptors (Lipinski definition) is 4. The summed E-state index contributed by atoms with van der Waals surface area (Å²) in [7, 11) is -2.47. The molecule has 0 aliphatic carbocycles. The first-order chi connectivity index (χ1) is 12.4. The zero-order valence-electron chi connectivity index (χ0n) is 14.0. The van der Waals surface area contributed by atoms with Crippen molar-refractivity contribution in [3.63, 3.8) is 0 Å². The Hall–Kier alpha value is -1.87. The molecule has 3 rings (SSSR count). The second kappa shape index (κ2) is 7.79. The van der Waals surface area contributed by atoms with E-state index in [-0.39, 0.29) is 23.7 Å². The van der Waals surface area contributed by atoms with Crippen LogP contribution >= 0.6 is 11.6 Å². The van der Waals surface area contributed by atoms with Gasteiger partial charge in [-0.15, -0.1) is 0 Å². The number of fused-ring (bicyclic) bond motifs is 1. The molecule has 0 bridgehead atoms. The lowest BCUT2D eigenvalue weighted by Crippen LogP contribution is -2.37. The number of ether oxygens (including phenoxy) is 2. The zero-order valence-corrected chi connectivity index (χ0v) is 15.6. The molecule has 0 spiro atoms. The van der Waals surface area contributed by atoms with Gasteiger partial charge in [-0.3, -0.25) is 0 Å². The first-order valence-corrected chi connectivity index (χ1v) is 9.71. The van der Waals surface area contributed by atoms with E-state index >= 15 is 0 Å². The number of nitrogens with zero attached hydrogens (tertiary/aromatic N) is 1. The molecule has 9 heteroatoms. The highest BCUT2D eigenvalue weighted by Crippen LogP contribution is 2.30. The monoisotopic (exact) mass is 400 g/mol. The Morgan fingerprint density at radius 2 is 1.92 bits per heavy atom. The van der Waals surface area contributed by atoms with E-state index in [1.165, 1.54) is 25.2 Å². The van der Waals surface area contributed by atoms with Gasteiger partial charge in [0.1, 0.15) is 19.0 Å². The van der Waals surface area contributed by atoms with Crippen molar-refractivity contribution in [3.05, 3.63) is 58.4 Å². The Kier molecular flexibility index (Phi) is 5.67. The second-order valence-electron chi connectivity index (χ2n) is 5.76. The van der Waals surface area contributed by atoms with Crippen LogP contribution in [0.15, 0.2) is 36.4 Å². The number of halogens is 2. The fraction of sp³-hybridized carbons (Fsp3) is 0.294. The van der Waals surface area contributed by atoms with Crippen molar-refractivity contribution >= 4 is 21.8 Å². The Morgan fingerprint density at radius 1 is 1.19 bits per heavy atom. The summed E-state index contributed by atoms with van der Waals surface area (Å²) < 4.78 is 53.1. The largest absolute Gasteiger partial charge is 0.486 e. The SMILES string of the molecule is CN(Cc1c(F)cccc1Cl)S(=O)(=O)NCc1ccc2c(c1)OCCO2. The van der Waals surface area contributed by atoms with Crippen LogP contribution < -0.4 is 14.2 Å². The average molecular weight is 401 g/mol. The van der Waals surface area contributed by atoms with Crippen LogP contribution in [0.3, 0.4) is 0 Å². The lowest BCUT2D eigenvalue weighted by atomic mass is 10.2. The maximum absolute atomic E-state index is 13.9. The minimum Gasteiger partial charge on any atom is -0.486 e. The minimum absolute atomic E-state index is 0.0638. The molecule has 0 amide bonds. The topological polar surface area (TPSA) is 67.9 Å². The molecule has 0 unspecified atom stereocenters. The van der Waals surface area contributed by atoms with Crippen molar-refractivity contribution < 1.29 is 22.3 Å². The number of hydrogen-bond donors (Lipinski definition) is 1. The summed E-state index contributed by atoms with van der Waals surface area (Å²) in [6.07, 6.45) is 0. The summed E-state index contributed by atoms with van der Waals surface area (Å²) in [5.74, 6) is 0.667. The van der Waals surface area contributed by atoms with Gasteiger partial charge in [-0.05, 0) is 29.8 Å². The second-order valence-corrected chi connectivity index (χ2v) is 8.03. The third-order valence-corrected chi connectivity index (χ3v) is 5.73. The van der Waals surface area contributed by atoms with Crippen LogP contribution in [0, 0.1) is 5.82 Å². The van der Waals surface area contributed by atoms with Gasteiger partial charge in [0, 0.05) is 30.7 Å². The Bertz CT molecular complexity index is 887. The third-order valence-electron chi connectivity index (χ3n) is 3.92. The van der Waals surface area contributed by atoms with Gasteiger partial charge in [0.25, 0.3) is 10.2 Å². The van der Waals surface area contributed by atoms with Gasteiger partial charge < -0.3 is 9.47 Å². The molecule has 0 fully saturated rings. The standard InChI is InChI=1S/C17H18ClFN2O4S/c1-21(11-13-14(18)3-2-4-15(13)19)26(22,23)20-10-12-5-6-16-17(9-12)25-8-7-24-16/h2-6,9,20H,7-8,10-11H2,1H3. The van der Waals surface area contributed by atoms with E-state index in [0.717, 1.165) is 9.87 Å². The molecular weight excluding hydrogens is 383 g/mol. The summed E-state index contributed by atoms with van der Waals surface area (Å²) in [5.41, 5.74) is 0.844. The van der Waals surface area contributed by atoms with E-state index in [2.05, 4.69) is 4.72 Å². The van der Waals surface area contributed by atoms with Gasteiger partial charge >= 0.3 is 0 Å². The highest BCUT2D eigenvalue weighted by Gasteiger charge is 2.21. The maximum atomic E-state index is 13.9. The molecule has 2 aromatic carbocycles. The molecule has 1 aliphatic heterocycles. The van der Waals surface area contributed by atoms with Crippen molar-refractivity contribution in [2.24, 2.45) is 0 Å². The van der Waals surface area contributed by atoms with Crippen LogP contribution in [0.2, 0.25) is 5.02 Å². The van der Waals surface area contributed by atoms with E-state index in [0.29, 0.717) is 24.7 Å². The summed E-state index contributed by atoms with van der Waals surface area (Å²) >= 11 is 5.96. The molecule has 1 N–H and O–H groups in total. The molecule has 1 aliphatic rings. The van der Waals surface area contributed by atoms with Gasteiger partial charge in [-0.2, -0.15) is 17.4 Å². The smallest absolute Gasteiger partial charge is 0.279 e. The van der Waals surface area contributed by atoms with E-state index < -0.39 is 16.0 Å². The fourth-order valence-electron chi connectivity index (χ4n) is 2.47. The highest BCUT2D eigenvalue weighted by atomic mass is 35.5. The van der Waals surface area contributed by atoms with Crippen molar-refractivity contribution in [1.29, 1.82) is 0 Å². The van der Waals surface area contributed by atoms with E-state index in [1.807, 2.05) is 0 Å². The molecule has 140 valence electrons. The first kappa shape index (κ1) is 18.9. The predicted molar refractivity (Wildman–Crippen MR) is 96.1 cm³/mol. The number of rotatable bonds is 6. The van der Waals surface area contributed by atoms with E-state index in [9.17, 15) is 12.8 Å². The Morgan fingerprint density at radius 3 is 2.65 bits per heavy atom. The minimum atomic E-state index is -3.83.